The summed E-state index contributed by atoms with van der Waals surface area (Å²) in [5, 5.41) is 19.9. The van der Waals surface area contributed by atoms with Crippen molar-refractivity contribution in [2.45, 2.75) is 78.2 Å². The molecule has 0 radical (unpaired) electrons. The summed E-state index contributed by atoms with van der Waals surface area (Å²) < 4.78 is 0. The topological polar surface area (TPSA) is 57.5 Å². The Morgan fingerprint density at radius 2 is 1.62 bits per heavy atom. The first-order valence-corrected chi connectivity index (χ1v) is 11.2. The fraction of sp³-hybridized carbons (Fsp3) is 0.480. The number of thiophene rings is 1. The molecule has 0 aliphatic carbocycles. The molecule has 2 aromatic rings. The first kappa shape index (κ1) is 23.2. The molecule has 0 saturated heterocycles. The van der Waals surface area contributed by atoms with E-state index in [4.69, 9.17) is 0 Å². The summed E-state index contributed by atoms with van der Waals surface area (Å²) in [6, 6.07) is 8.34. The Balaban J connectivity index is 2.53. The van der Waals surface area contributed by atoms with E-state index >= 15 is 0 Å². The molecule has 2 rings (SSSR count). The Kier molecular flexibility index (Phi) is 7.32. The molecule has 0 fully saturated rings. The Morgan fingerprint density at radius 3 is 2.07 bits per heavy atom. The molecule has 1 aromatic heterocycles. The molecule has 0 amide bonds. The summed E-state index contributed by atoms with van der Waals surface area (Å²) >= 11 is 1.39. The first-order valence-electron chi connectivity index (χ1n) is 10.4. The molecular formula is C25H32O3S. The van der Waals surface area contributed by atoms with Crippen molar-refractivity contribution in [3.05, 3.63) is 56.3 Å². The normalized spacial score (nSPS) is 11.8. The third kappa shape index (κ3) is 4.57. The van der Waals surface area contributed by atoms with Crippen molar-refractivity contribution >= 4 is 17.3 Å². The van der Waals surface area contributed by atoms with Gasteiger partial charge in [0.2, 0.25) is 0 Å². The third-order valence-corrected chi connectivity index (χ3v) is 7.60. The van der Waals surface area contributed by atoms with Crippen molar-refractivity contribution in [1.29, 1.82) is 0 Å². The van der Waals surface area contributed by atoms with Crippen LogP contribution in [0.15, 0.2) is 24.3 Å². The van der Waals surface area contributed by atoms with Crippen LogP contribution in [0.5, 0.6) is 0 Å². The summed E-state index contributed by atoms with van der Waals surface area (Å²) in [6.45, 7) is 12.1. The molecule has 2 N–H and O–H groups in total. The van der Waals surface area contributed by atoms with E-state index in [1.165, 1.54) is 16.9 Å². The van der Waals surface area contributed by atoms with Gasteiger partial charge >= 0.3 is 5.97 Å². The number of aromatic carboxylic acids is 1. The van der Waals surface area contributed by atoms with E-state index in [1.807, 2.05) is 39.8 Å². The number of aryl methyl sites for hydroxylation is 2. The van der Waals surface area contributed by atoms with E-state index in [2.05, 4.69) is 37.8 Å². The number of rotatable bonds is 7. The van der Waals surface area contributed by atoms with Crippen molar-refractivity contribution in [1.82, 2.24) is 0 Å². The van der Waals surface area contributed by atoms with Crippen LogP contribution in [0.2, 0.25) is 0 Å². The van der Waals surface area contributed by atoms with Gasteiger partial charge in [-0.3, -0.25) is 0 Å². The average Bonchev–Trinajstić information content (AvgIpc) is 3.10. The van der Waals surface area contributed by atoms with Crippen LogP contribution < -0.4 is 0 Å². The summed E-state index contributed by atoms with van der Waals surface area (Å²) in [5.41, 5.74) is 2.84. The molecule has 4 heteroatoms. The highest BCUT2D eigenvalue weighted by Crippen LogP contribution is 2.43. The minimum Gasteiger partial charge on any atom is -0.477 e. The lowest BCUT2D eigenvalue weighted by Crippen LogP contribution is -2.25. The monoisotopic (exact) mass is 412 g/mol. The van der Waals surface area contributed by atoms with Crippen LogP contribution in [0, 0.1) is 25.7 Å². The summed E-state index contributed by atoms with van der Waals surface area (Å²) in [4.78, 5) is 13.1. The molecule has 0 saturated carbocycles. The predicted octanol–water partition coefficient (Wildman–Crippen LogP) is 6.07. The number of hydrogen-bond donors (Lipinski definition) is 2. The molecular weight excluding hydrogens is 380 g/mol. The second-order valence-corrected chi connectivity index (χ2v) is 8.79. The van der Waals surface area contributed by atoms with Crippen LogP contribution in [0.4, 0.5) is 0 Å². The highest BCUT2D eigenvalue weighted by atomic mass is 32.1. The van der Waals surface area contributed by atoms with Crippen molar-refractivity contribution in [2.75, 3.05) is 0 Å². The lowest BCUT2D eigenvalue weighted by molar-refractivity contribution is 0.0701. The lowest BCUT2D eigenvalue weighted by Gasteiger charge is -2.32. The number of aliphatic hydroxyl groups is 1. The second-order valence-electron chi connectivity index (χ2n) is 7.74. The molecule has 0 atom stereocenters. The van der Waals surface area contributed by atoms with Crippen LogP contribution in [-0.2, 0) is 5.41 Å². The molecule has 0 bridgehead atoms. The van der Waals surface area contributed by atoms with Gasteiger partial charge in [0.25, 0.3) is 0 Å². The van der Waals surface area contributed by atoms with Crippen molar-refractivity contribution in [3.63, 3.8) is 0 Å². The lowest BCUT2D eigenvalue weighted by atomic mass is 9.74. The van der Waals surface area contributed by atoms with Gasteiger partial charge in [0.05, 0.1) is 0 Å². The number of carbonyl (C=O) groups is 1. The van der Waals surface area contributed by atoms with Crippen LogP contribution in [-0.4, -0.2) is 21.8 Å². The van der Waals surface area contributed by atoms with Crippen LogP contribution in [0.3, 0.4) is 0 Å². The summed E-state index contributed by atoms with van der Waals surface area (Å²) in [5.74, 6) is 5.34. The standard InChI is InChI=1S/C25H32O3S/c1-7-24(28,8-2)14-13-19-11-12-20(15-17(19)5)25(9-3,10-4)21-16-18(6)22(29-21)23(26)27/h11-12,15-16,28H,7-10H2,1-6H3,(H,26,27). The van der Waals surface area contributed by atoms with Crippen LogP contribution >= 0.6 is 11.3 Å². The number of hydrogen-bond acceptors (Lipinski definition) is 3. The van der Waals surface area contributed by atoms with Crippen LogP contribution in [0.25, 0.3) is 0 Å². The van der Waals surface area contributed by atoms with E-state index in [1.54, 1.807) is 0 Å². The van der Waals surface area contributed by atoms with Gasteiger partial charge in [-0.2, -0.15) is 0 Å². The van der Waals surface area contributed by atoms with Crippen molar-refractivity contribution in [2.24, 2.45) is 0 Å². The van der Waals surface area contributed by atoms with E-state index in [0.717, 1.165) is 34.4 Å². The second kappa shape index (κ2) is 9.15. The van der Waals surface area contributed by atoms with E-state index in [-0.39, 0.29) is 5.41 Å². The Bertz CT molecular complexity index is 935. The maximum atomic E-state index is 11.6. The summed E-state index contributed by atoms with van der Waals surface area (Å²) in [7, 11) is 0. The smallest absolute Gasteiger partial charge is 0.346 e. The van der Waals surface area contributed by atoms with E-state index in [0.29, 0.717) is 17.7 Å². The highest BCUT2D eigenvalue weighted by Gasteiger charge is 2.34. The Hall–Kier alpha value is -2.09. The predicted molar refractivity (Wildman–Crippen MR) is 121 cm³/mol. The summed E-state index contributed by atoms with van der Waals surface area (Å²) in [6.07, 6.45) is 2.98. The number of benzene rings is 1. The number of carboxylic acids is 1. The maximum Gasteiger partial charge on any atom is 0.346 e. The zero-order valence-electron chi connectivity index (χ0n) is 18.3. The van der Waals surface area contributed by atoms with Crippen molar-refractivity contribution in [3.8, 4) is 11.8 Å². The molecule has 1 heterocycles. The minimum absolute atomic E-state index is 0.215. The maximum absolute atomic E-state index is 11.6. The van der Waals surface area contributed by atoms with Crippen LogP contribution in [0.1, 0.15) is 90.2 Å². The quantitative estimate of drug-likeness (QED) is 0.543. The Labute approximate surface area is 178 Å². The van der Waals surface area contributed by atoms with Gasteiger partial charge < -0.3 is 10.2 Å². The van der Waals surface area contributed by atoms with Gasteiger partial charge in [-0.05, 0) is 68.4 Å². The zero-order chi connectivity index (χ0) is 21.8. The van der Waals surface area contributed by atoms with Gasteiger partial charge in [0.15, 0.2) is 0 Å². The molecule has 0 spiro atoms. The van der Waals surface area contributed by atoms with Gasteiger partial charge in [0, 0.05) is 15.9 Å². The van der Waals surface area contributed by atoms with Gasteiger partial charge in [0.1, 0.15) is 10.5 Å². The average molecular weight is 413 g/mol. The van der Waals surface area contributed by atoms with Crippen molar-refractivity contribution < 1.29 is 15.0 Å². The van der Waals surface area contributed by atoms with E-state index < -0.39 is 11.6 Å². The third-order valence-electron chi connectivity index (χ3n) is 6.17. The minimum atomic E-state index is -0.941. The van der Waals surface area contributed by atoms with Gasteiger partial charge in [-0.1, -0.05) is 51.7 Å². The molecule has 0 unspecified atom stereocenters. The van der Waals surface area contributed by atoms with Gasteiger partial charge in [-0.25, -0.2) is 4.79 Å². The number of carboxylic acid groups (broad SMARTS) is 1. The fourth-order valence-corrected chi connectivity index (χ4v) is 5.16. The Morgan fingerprint density at radius 1 is 1.00 bits per heavy atom. The molecule has 29 heavy (non-hydrogen) atoms. The molecule has 156 valence electrons. The first-order chi connectivity index (χ1) is 13.7. The molecule has 0 aliphatic rings. The molecule has 3 nitrogen and oxygen atoms in total. The SMILES string of the molecule is CCC(O)(C#Cc1ccc(C(CC)(CC)c2cc(C)c(C(=O)O)s2)cc1C)CC. The molecule has 0 aliphatic heterocycles. The fourth-order valence-electron chi connectivity index (χ4n) is 3.79. The zero-order valence-corrected chi connectivity index (χ0v) is 19.2. The molecule has 1 aromatic carbocycles. The highest BCUT2D eigenvalue weighted by molar-refractivity contribution is 7.14. The van der Waals surface area contributed by atoms with Gasteiger partial charge in [-0.15, -0.1) is 11.3 Å². The van der Waals surface area contributed by atoms with E-state index in [9.17, 15) is 15.0 Å². The largest absolute Gasteiger partial charge is 0.477 e.